The Balaban J connectivity index is 2.27. The predicted octanol–water partition coefficient (Wildman–Crippen LogP) is 1.38. The van der Waals surface area contributed by atoms with Gasteiger partial charge in [-0.2, -0.15) is 0 Å². The van der Waals surface area contributed by atoms with Crippen molar-refractivity contribution in [1.29, 1.82) is 0 Å². The van der Waals surface area contributed by atoms with Gasteiger partial charge in [0, 0.05) is 36.6 Å². The summed E-state index contributed by atoms with van der Waals surface area (Å²) in [5, 5.41) is 3.30. The number of nitrogens with zero attached hydrogens (tertiary/aromatic N) is 1. The first-order valence-corrected chi connectivity index (χ1v) is 5.73. The van der Waals surface area contributed by atoms with E-state index in [1.165, 1.54) is 5.57 Å². The normalized spacial score (nSPS) is 16.0. The molecule has 1 aromatic rings. The minimum absolute atomic E-state index is 0.102. The van der Waals surface area contributed by atoms with Gasteiger partial charge in [-0.05, 0) is 26.8 Å². The van der Waals surface area contributed by atoms with Gasteiger partial charge >= 0.3 is 0 Å². The molecule has 0 amide bonds. The highest BCUT2D eigenvalue weighted by molar-refractivity contribution is 5.16. The first-order chi connectivity index (χ1) is 7.66. The lowest BCUT2D eigenvalue weighted by atomic mass is 10.1. The molecular weight excluding hydrogens is 200 g/mol. The Morgan fingerprint density at radius 2 is 2.00 bits per heavy atom. The second-order valence-electron chi connectivity index (χ2n) is 4.38. The van der Waals surface area contributed by atoms with Gasteiger partial charge < -0.3 is 9.88 Å². The molecule has 0 atom stereocenters. The van der Waals surface area contributed by atoms with E-state index >= 15 is 0 Å². The number of hydrogen-bond donors (Lipinski definition) is 1. The molecule has 1 aromatic heterocycles. The van der Waals surface area contributed by atoms with E-state index in [4.69, 9.17) is 0 Å². The molecule has 2 rings (SSSR count). The van der Waals surface area contributed by atoms with Gasteiger partial charge in [0.05, 0.1) is 0 Å². The fourth-order valence-corrected chi connectivity index (χ4v) is 2.15. The summed E-state index contributed by atoms with van der Waals surface area (Å²) < 4.78 is 2.21. The third kappa shape index (κ3) is 2.42. The van der Waals surface area contributed by atoms with Crippen LogP contribution in [0.25, 0.3) is 0 Å². The third-order valence-corrected chi connectivity index (χ3v) is 3.07. The average Bonchev–Trinajstić information content (AvgIpc) is 2.25. The van der Waals surface area contributed by atoms with Gasteiger partial charge in [0.25, 0.3) is 0 Å². The summed E-state index contributed by atoms with van der Waals surface area (Å²) in [6.07, 6.45) is 3.35. The van der Waals surface area contributed by atoms with Crippen molar-refractivity contribution >= 4 is 0 Å². The number of hydrogen-bond acceptors (Lipinski definition) is 2. The van der Waals surface area contributed by atoms with Crippen molar-refractivity contribution in [2.24, 2.45) is 0 Å². The summed E-state index contributed by atoms with van der Waals surface area (Å²) in [7, 11) is 0. The molecule has 3 nitrogen and oxygen atoms in total. The van der Waals surface area contributed by atoms with E-state index in [-0.39, 0.29) is 5.43 Å². The van der Waals surface area contributed by atoms with Crippen LogP contribution in [0.15, 0.2) is 28.6 Å². The Hall–Kier alpha value is -1.35. The molecule has 2 heterocycles. The van der Waals surface area contributed by atoms with E-state index in [0.29, 0.717) is 0 Å². The highest BCUT2D eigenvalue weighted by Gasteiger charge is 2.06. The van der Waals surface area contributed by atoms with Crippen LogP contribution in [0.2, 0.25) is 0 Å². The molecule has 16 heavy (non-hydrogen) atoms. The summed E-state index contributed by atoms with van der Waals surface area (Å²) in [5.41, 5.74) is 3.65. The van der Waals surface area contributed by atoms with Crippen LogP contribution in [0.1, 0.15) is 17.8 Å². The summed E-state index contributed by atoms with van der Waals surface area (Å²) in [4.78, 5) is 11.3. The lowest BCUT2D eigenvalue weighted by molar-refractivity contribution is 0.632. The standard InChI is InChI=1S/C13H18N2O/c1-10-7-13(16)8-11(2)15(10)9-12-3-5-14-6-4-12/h3,7-8,14H,4-6,9H2,1-2H3. The zero-order valence-corrected chi connectivity index (χ0v) is 9.92. The van der Waals surface area contributed by atoms with Gasteiger partial charge in [0.15, 0.2) is 5.43 Å². The topological polar surface area (TPSA) is 34.0 Å². The van der Waals surface area contributed by atoms with Crippen molar-refractivity contribution in [2.75, 3.05) is 13.1 Å². The lowest BCUT2D eigenvalue weighted by Crippen LogP contribution is -2.23. The van der Waals surface area contributed by atoms with Crippen LogP contribution in [0.3, 0.4) is 0 Å². The van der Waals surface area contributed by atoms with Crippen molar-refractivity contribution in [3.05, 3.63) is 45.4 Å². The maximum atomic E-state index is 11.3. The number of pyridine rings is 1. The maximum absolute atomic E-state index is 11.3. The fourth-order valence-electron chi connectivity index (χ4n) is 2.15. The van der Waals surface area contributed by atoms with Crippen molar-refractivity contribution in [2.45, 2.75) is 26.8 Å². The lowest BCUT2D eigenvalue weighted by Gasteiger charge is -2.19. The van der Waals surface area contributed by atoms with E-state index in [1.807, 2.05) is 13.8 Å². The highest BCUT2D eigenvalue weighted by Crippen LogP contribution is 2.11. The molecule has 86 valence electrons. The molecule has 0 saturated heterocycles. The second-order valence-corrected chi connectivity index (χ2v) is 4.38. The van der Waals surface area contributed by atoms with Crippen molar-refractivity contribution < 1.29 is 0 Å². The van der Waals surface area contributed by atoms with Crippen LogP contribution >= 0.6 is 0 Å². The molecule has 0 saturated carbocycles. The molecule has 0 radical (unpaired) electrons. The number of rotatable bonds is 2. The molecule has 1 aliphatic heterocycles. The molecule has 1 aliphatic rings. The highest BCUT2D eigenvalue weighted by atomic mass is 16.1. The summed E-state index contributed by atoms with van der Waals surface area (Å²) in [5.74, 6) is 0. The quantitative estimate of drug-likeness (QED) is 0.761. The number of aryl methyl sites for hydroxylation is 2. The molecule has 0 bridgehead atoms. The molecule has 1 N–H and O–H groups in total. The average molecular weight is 218 g/mol. The second kappa shape index (κ2) is 4.66. The predicted molar refractivity (Wildman–Crippen MR) is 65.7 cm³/mol. The van der Waals surface area contributed by atoms with Gasteiger partial charge in [-0.3, -0.25) is 4.79 Å². The van der Waals surface area contributed by atoms with Crippen LogP contribution in [0, 0.1) is 13.8 Å². The monoisotopic (exact) mass is 218 g/mol. The Kier molecular flexibility index (Phi) is 3.25. The SMILES string of the molecule is Cc1cc(=O)cc(C)n1CC1=CCNCC1. The Labute approximate surface area is 95.8 Å². The zero-order valence-electron chi connectivity index (χ0n) is 9.92. The largest absolute Gasteiger partial charge is 0.345 e. The first-order valence-electron chi connectivity index (χ1n) is 5.73. The van der Waals surface area contributed by atoms with Crippen LogP contribution in [0.5, 0.6) is 0 Å². The Bertz CT molecular complexity index is 445. The molecule has 0 unspecified atom stereocenters. The van der Waals surface area contributed by atoms with Crippen LogP contribution in [0.4, 0.5) is 0 Å². The van der Waals surface area contributed by atoms with E-state index in [9.17, 15) is 4.79 Å². The smallest absolute Gasteiger partial charge is 0.182 e. The van der Waals surface area contributed by atoms with Crippen molar-refractivity contribution in [3.8, 4) is 0 Å². The molecule has 0 fully saturated rings. The maximum Gasteiger partial charge on any atom is 0.182 e. The fraction of sp³-hybridized carbons (Fsp3) is 0.462. The molecule has 0 aromatic carbocycles. The van der Waals surface area contributed by atoms with Gasteiger partial charge in [0.2, 0.25) is 0 Å². The minimum Gasteiger partial charge on any atom is -0.345 e. The zero-order chi connectivity index (χ0) is 11.5. The van der Waals surface area contributed by atoms with Crippen molar-refractivity contribution in [3.63, 3.8) is 0 Å². The minimum atomic E-state index is 0.102. The molecular formula is C13H18N2O. The molecule has 3 heteroatoms. The Morgan fingerprint density at radius 1 is 1.31 bits per heavy atom. The summed E-state index contributed by atoms with van der Waals surface area (Å²) in [6, 6.07) is 3.41. The van der Waals surface area contributed by atoms with Crippen LogP contribution in [-0.4, -0.2) is 17.7 Å². The summed E-state index contributed by atoms with van der Waals surface area (Å²) in [6.45, 7) is 6.93. The van der Waals surface area contributed by atoms with Gasteiger partial charge in [-0.1, -0.05) is 11.6 Å². The van der Waals surface area contributed by atoms with Crippen molar-refractivity contribution in [1.82, 2.24) is 9.88 Å². The number of aromatic nitrogens is 1. The third-order valence-electron chi connectivity index (χ3n) is 3.07. The van der Waals surface area contributed by atoms with E-state index < -0.39 is 0 Å². The van der Waals surface area contributed by atoms with E-state index in [1.54, 1.807) is 12.1 Å². The Morgan fingerprint density at radius 3 is 2.56 bits per heavy atom. The van der Waals surface area contributed by atoms with Gasteiger partial charge in [0.1, 0.15) is 0 Å². The number of nitrogens with one attached hydrogen (secondary N) is 1. The molecule has 0 aliphatic carbocycles. The van der Waals surface area contributed by atoms with Gasteiger partial charge in [-0.25, -0.2) is 0 Å². The van der Waals surface area contributed by atoms with Crippen LogP contribution in [-0.2, 0) is 6.54 Å². The first kappa shape index (κ1) is 11.1. The summed E-state index contributed by atoms with van der Waals surface area (Å²) >= 11 is 0. The van der Waals surface area contributed by atoms with E-state index in [0.717, 1.165) is 37.4 Å². The van der Waals surface area contributed by atoms with Gasteiger partial charge in [-0.15, -0.1) is 0 Å². The molecule has 0 spiro atoms. The van der Waals surface area contributed by atoms with Crippen LogP contribution < -0.4 is 10.7 Å². The van der Waals surface area contributed by atoms with E-state index in [2.05, 4.69) is 16.0 Å².